The third kappa shape index (κ3) is 4.66. The number of anilines is 1. The monoisotopic (exact) mass is 449 g/mol. The highest BCUT2D eigenvalue weighted by molar-refractivity contribution is 7.89. The first kappa shape index (κ1) is 22.3. The van der Waals surface area contributed by atoms with E-state index < -0.39 is 22.0 Å². The maximum atomic E-state index is 13.3. The van der Waals surface area contributed by atoms with Crippen molar-refractivity contribution in [1.29, 1.82) is 0 Å². The van der Waals surface area contributed by atoms with Crippen LogP contribution < -0.4 is 4.90 Å². The molecule has 9 heteroatoms. The quantitative estimate of drug-likeness (QED) is 0.710. The van der Waals surface area contributed by atoms with Crippen LogP contribution in [-0.2, 0) is 10.0 Å². The number of piperidine rings is 1. The molecule has 0 aromatic heterocycles. The maximum Gasteiger partial charge on any atom is 0.331 e. The van der Waals surface area contributed by atoms with Gasteiger partial charge in [-0.25, -0.2) is 22.4 Å². The fraction of sp³-hybridized carbons (Fsp3) is 0.333. The molecular formula is C21H24ClN3O4S. The largest absolute Gasteiger partial charge is 0.331 e. The molecule has 0 saturated carbocycles. The zero-order valence-corrected chi connectivity index (χ0v) is 18.5. The molecular weight excluding hydrogens is 426 g/mol. The Kier molecular flexibility index (Phi) is 6.80. The highest BCUT2D eigenvalue weighted by Gasteiger charge is 2.30. The standard InChI is InChI=1S/C21H24ClN3O4S/c1-23(2)30(28,29)19-12-6-16(7-13-19)20(26)25(18-10-8-17(22)9-11-18)21(27)24-14-4-3-5-15-24/h6-13H,3-5,14-15H2,1-2H3. The SMILES string of the molecule is CN(C)S(=O)(=O)c1ccc(C(=O)N(C(=O)N2CCCCC2)c2ccc(Cl)cc2)cc1. The van der Waals surface area contributed by atoms with Crippen molar-refractivity contribution < 1.29 is 18.0 Å². The molecule has 1 heterocycles. The Morgan fingerprint density at radius 1 is 0.900 bits per heavy atom. The summed E-state index contributed by atoms with van der Waals surface area (Å²) in [4.78, 5) is 29.4. The van der Waals surface area contributed by atoms with Gasteiger partial charge in [0.2, 0.25) is 10.0 Å². The first-order chi connectivity index (χ1) is 14.2. The van der Waals surface area contributed by atoms with E-state index in [4.69, 9.17) is 11.6 Å². The van der Waals surface area contributed by atoms with Crippen LogP contribution in [0.5, 0.6) is 0 Å². The molecule has 160 valence electrons. The lowest BCUT2D eigenvalue weighted by molar-refractivity contribution is 0.0983. The van der Waals surface area contributed by atoms with Crippen molar-refractivity contribution in [2.24, 2.45) is 0 Å². The summed E-state index contributed by atoms with van der Waals surface area (Å²) >= 11 is 5.97. The molecule has 2 aromatic carbocycles. The van der Waals surface area contributed by atoms with Gasteiger partial charge in [0.15, 0.2) is 0 Å². The lowest BCUT2D eigenvalue weighted by atomic mass is 10.1. The van der Waals surface area contributed by atoms with Crippen LogP contribution in [0.25, 0.3) is 0 Å². The van der Waals surface area contributed by atoms with Gasteiger partial charge in [-0.05, 0) is 67.8 Å². The van der Waals surface area contributed by atoms with Gasteiger partial charge in [0, 0.05) is 37.8 Å². The molecule has 0 unspecified atom stereocenters. The van der Waals surface area contributed by atoms with Gasteiger partial charge in [-0.1, -0.05) is 11.6 Å². The number of halogens is 1. The molecule has 3 rings (SSSR count). The predicted octanol–water partition coefficient (Wildman–Crippen LogP) is 3.84. The predicted molar refractivity (Wildman–Crippen MR) is 116 cm³/mol. The molecule has 7 nitrogen and oxygen atoms in total. The molecule has 1 aliphatic heterocycles. The fourth-order valence-corrected chi connectivity index (χ4v) is 4.27. The van der Waals surface area contributed by atoms with E-state index in [0.717, 1.165) is 28.5 Å². The number of hydrogen-bond acceptors (Lipinski definition) is 4. The van der Waals surface area contributed by atoms with Crippen molar-refractivity contribution in [3.8, 4) is 0 Å². The Balaban J connectivity index is 1.95. The molecule has 0 N–H and O–H groups in total. The number of likely N-dealkylation sites (tertiary alicyclic amines) is 1. The van der Waals surface area contributed by atoms with E-state index >= 15 is 0 Å². The molecule has 0 aliphatic carbocycles. The van der Waals surface area contributed by atoms with Gasteiger partial charge in [0.05, 0.1) is 10.6 Å². The minimum absolute atomic E-state index is 0.0736. The molecule has 3 amide bonds. The summed E-state index contributed by atoms with van der Waals surface area (Å²) in [6.45, 7) is 1.19. The third-order valence-electron chi connectivity index (χ3n) is 4.99. The molecule has 0 bridgehead atoms. The second-order valence-corrected chi connectivity index (χ2v) is 9.85. The Hall–Kier alpha value is -2.42. The number of imide groups is 1. The van der Waals surface area contributed by atoms with Crippen LogP contribution in [0.1, 0.15) is 29.6 Å². The number of urea groups is 1. The topological polar surface area (TPSA) is 78.0 Å². The fourth-order valence-electron chi connectivity index (χ4n) is 3.24. The van der Waals surface area contributed by atoms with Crippen molar-refractivity contribution in [3.05, 3.63) is 59.1 Å². The van der Waals surface area contributed by atoms with E-state index in [1.54, 1.807) is 29.2 Å². The third-order valence-corrected chi connectivity index (χ3v) is 7.07. The van der Waals surface area contributed by atoms with Crippen LogP contribution in [0.15, 0.2) is 53.4 Å². The summed E-state index contributed by atoms with van der Waals surface area (Å²) in [6, 6.07) is 11.7. The van der Waals surface area contributed by atoms with Gasteiger partial charge in [0.1, 0.15) is 0 Å². The van der Waals surface area contributed by atoms with Crippen LogP contribution in [0.4, 0.5) is 10.5 Å². The summed E-state index contributed by atoms with van der Waals surface area (Å²) in [5, 5.41) is 0.495. The minimum atomic E-state index is -3.61. The number of hydrogen-bond donors (Lipinski definition) is 0. The first-order valence-corrected chi connectivity index (χ1v) is 11.4. The Bertz CT molecular complexity index is 1020. The van der Waals surface area contributed by atoms with Crippen LogP contribution in [0, 0.1) is 0 Å². The van der Waals surface area contributed by atoms with Crippen LogP contribution in [0.2, 0.25) is 5.02 Å². The number of sulfonamides is 1. The summed E-state index contributed by atoms with van der Waals surface area (Å²) in [7, 11) is -0.735. The average Bonchev–Trinajstić information content (AvgIpc) is 2.75. The van der Waals surface area contributed by atoms with E-state index in [1.165, 1.54) is 38.4 Å². The maximum absolute atomic E-state index is 13.3. The summed E-state index contributed by atoms with van der Waals surface area (Å²) in [6.07, 6.45) is 2.84. The minimum Gasteiger partial charge on any atom is -0.324 e. The number of carbonyl (C=O) groups excluding carboxylic acids is 2. The van der Waals surface area contributed by atoms with E-state index in [-0.39, 0.29) is 10.5 Å². The highest BCUT2D eigenvalue weighted by atomic mass is 35.5. The van der Waals surface area contributed by atoms with Gasteiger partial charge < -0.3 is 4.90 Å². The zero-order valence-electron chi connectivity index (χ0n) is 16.9. The first-order valence-electron chi connectivity index (χ1n) is 9.63. The number of rotatable bonds is 4. The van der Waals surface area contributed by atoms with Gasteiger partial charge in [-0.3, -0.25) is 4.79 Å². The Morgan fingerprint density at radius 3 is 2.00 bits per heavy atom. The normalized spacial score (nSPS) is 14.6. The highest BCUT2D eigenvalue weighted by Crippen LogP contribution is 2.24. The molecule has 0 radical (unpaired) electrons. The molecule has 1 saturated heterocycles. The van der Waals surface area contributed by atoms with Crippen molar-refractivity contribution in [2.75, 3.05) is 32.1 Å². The van der Waals surface area contributed by atoms with Crippen molar-refractivity contribution >= 4 is 39.2 Å². The van der Waals surface area contributed by atoms with Gasteiger partial charge in [0.25, 0.3) is 5.91 Å². The van der Waals surface area contributed by atoms with Crippen LogP contribution >= 0.6 is 11.6 Å². The van der Waals surface area contributed by atoms with Crippen molar-refractivity contribution in [3.63, 3.8) is 0 Å². The van der Waals surface area contributed by atoms with Crippen LogP contribution in [-0.4, -0.2) is 56.7 Å². The van der Waals surface area contributed by atoms with Gasteiger partial charge in [-0.2, -0.15) is 0 Å². The molecule has 0 atom stereocenters. The van der Waals surface area contributed by atoms with Gasteiger partial charge in [-0.15, -0.1) is 0 Å². The molecule has 30 heavy (non-hydrogen) atoms. The summed E-state index contributed by atoms with van der Waals surface area (Å²) in [5.74, 6) is -0.526. The lowest BCUT2D eigenvalue weighted by Gasteiger charge is -2.32. The smallest absolute Gasteiger partial charge is 0.324 e. The Morgan fingerprint density at radius 2 is 1.47 bits per heavy atom. The summed E-state index contributed by atoms with van der Waals surface area (Å²) in [5.41, 5.74) is 0.623. The second-order valence-electron chi connectivity index (χ2n) is 7.26. The molecule has 1 fully saturated rings. The van der Waals surface area contributed by atoms with Gasteiger partial charge >= 0.3 is 6.03 Å². The molecule has 0 spiro atoms. The zero-order chi connectivity index (χ0) is 21.9. The van der Waals surface area contributed by atoms with Crippen molar-refractivity contribution in [2.45, 2.75) is 24.2 Å². The molecule has 2 aromatic rings. The van der Waals surface area contributed by atoms with Crippen molar-refractivity contribution in [1.82, 2.24) is 9.21 Å². The number of carbonyl (C=O) groups is 2. The van der Waals surface area contributed by atoms with E-state index in [0.29, 0.717) is 23.8 Å². The average molecular weight is 450 g/mol. The number of benzene rings is 2. The number of nitrogens with zero attached hydrogens (tertiary/aromatic N) is 3. The lowest BCUT2D eigenvalue weighted by Crippen LogP contribution is -2.48. The van der Waals surface area contributed by atoms with Crippen LogP contribution in [0.3, 0.4) is 0 Å². The second kappa shape index (κ2) is 9.16. The summed E-state index contributed by atoms with van der Waals surface area (Å²) < 4.78 is 25.6. The van der Waals surface area contributed by atoms with E-state index in [9.17, 15) is 18.0 Å². The van der Waals surface area contributed by atoms with E-state index in [2.05, 4.69) is 0 Å². The Labute approximate surface area is 181 Å². The van der Waals surface area contributed by atoms with E-state index in [1.807, 2.05) is 0 Å². The number of amides is 3. The molecule has 1 aliphatic rings.